The number of Topliss-reactive ketones (excluding diaryl/α,β-unsaturated/α-hetero) is 1. The van der Waals surface area contributed by atoms with Crippen LogP contribution < -0.4 is 9.64 Å². The topological polar surface area (TPSA) is 92.6 Å². The Morgan fingerprint density at radius 3 is 2.44 bits per heavy atom. The van der Waals surface area contributed by atoms with Gasteiger partial charge in [-0.05, 0) is 52.9 Å². The van der Waals surface area contributed by atoms with Gasteiger partial charge in [-0.3, -0.25) is 19.5 Å². The minimum Gasteiger partial charge on any atom is -0.507 e. The van der Waals surface area contributed by atoms with Crippen LogP contribution >= 0.6 is 11.3 Å². The number of ketones is 1. The van der Waals surface area contributed by atoms with E-state index in [-0.39, 0.29) is 16.7 Å². The lowest BCUT2D eigenvalue weighted by molar-refractivity contribution is -0.132. The minimum atomic E-state index is -0.878. The summed E-state index contributed by atoms with van der Waals surface area (Å²) in [5.41, 5.74) is 2.44. The highest BCUT2D eigenvalue weighted by molar-refractivity contribution is 7.22. The number of methoxy groups -OCH3 is 1. The van der Waals surface area contributed by atoms with Crippen LogP contribution in [0.3, 0.4) is 0 Å². The molecule has 1 saturated heterocycles. The number of aromatic nitrogens is 2. The van der Waals surface area contributed by atoms with Gasteiger partial charge in [-0.1, -0.05) is 50.3 Å². The number of pyridine rings is 1. The molecule has 0 radical (unpaired) electrons. The summed E-state index contributed by atoms with van der Waals surface area (Å²) in [6, 6.07) is 15.6. The molecular weight excluding hydrogens is 474 g/mol. The highest BCUT2D eigenvalue weighted by Crippen LogP contribution is 2.45. The van der Waals surface area contributed by atoms with Crippen molar-refractivity contribution in [3.63, 3.8) is 0 Å². The number of thiazole rings is 1. The molecule has 4 aromatic rings. The Morgan fingerprint density at radius 1 is 1.06 bits per heavy atom. The van der Waals surface area contributed by atoms with Gasteiger partial charge in [0, 0.05) is 12.4 Å². The lowest BCUT2D eigenvalue weighted by atomic mass is 9.85. The second-order valence-corrected chi connectivity index (χ2v) is 10.6. The van der Waals surface area contributed by atoms with Crippen molar-refractivity contribution in [3.05, 3.63) is 89.3 Å². The summed E-state index contributed by atoms with van der Waals surface area (Å²) in [5.74, 6) is -1.41. The zero-order chi connectivity index (χ0) is 25.6. The summed E-state index contributed by atoms with van der Waals surface area (Å²) in [6.07, 6.45) is 3.18. The van der Waals surface area contributed by atoms with Crippen LogP contribution in [0, 0.1) is 0 Å². The number of ether oxygens (including phenoxy) is 1. The van der Waals surface area contributed by atoms with Crippen LogP contribution in [-0.2, 0) is 15.0 Å². The van der Waals surface area contributed by atoms with E-state index in [9.17, 15) is 14.7 Å². The molecule has 0 spiro atoms. The molecule has 5 rings (SSSR count). The average Bonchev–Trinajstić information content (AvgIpc) is 3.41. The molecule has 0 saturated carbocycles. The molecule has 3 heterocycles. The Hall–Kier alpha value is -4.04. The number of amides is 1. The molecule has 1 amide bonds. The Balaban J connectivity index is 1.75. The molecule has 1 N–H and O–H groups in total. The van der Waals surface area contributed by atoms with Crippen LogP contribution in [0.25, 0.3) is 16.0 Å². The summed E-state index contributed by atoms with van der Waals surface area (Å²) in [5, 5.41) is 12.0. The molecule has 2 aromatic heterocycles. The van der Waals surface area contributed by atoms with Crippen LogP contribution in [0.2, 0.25) is 0 Å². The maximum atomic E-state index is 13.5. The molecule has 1 fully saturated rings. The van der Waals surface area contributed by atoms with E-state index in [0.717, 1.165) is 15.8 Å². The van der Waals surface area contributed by atoms with E-state index in [1.54, 1.807) is 30.6 Å². The van der Waals surface area contributed by atoms with E-state index in [0.29, 0.717) is 22.0 Å². The van der Waals surface area contributed by atoms with Crippen LogP contribution in [0.1, 0.15) is 43.5 Å². The minimum absolute atomic E-state index is 0.0187. The molecule has 2 aromatic carbocycles. The van der Waals surface area contributed by atoms with Crippen molar-refractivity contribution in [2.24, 2.45) is 0 Å². The number of nitrogens with zero attached hydrogens (tertiary/aromatic N) is 3. The molecule has 1 unspecified atom stereocenters. The fraction of sp³-hybridized carbons (Fsp3) is 0.214. The van der Waals surface area contributed by atoms with Crippen molar-refractivity contribution in [2.45, 2.75) is 32.2 Å². The number of para-hydroxylation sites is 1. The highest BCUT2D eigenvalue weighted by Gasteiger charge is 2.48. The summed E-state index contributed by atoms with van der Waals surface area (Å²) >= 11 is 1.32. The summed E-state index contributed by atoms with van der Waals surface area (Å²) < 4.78 is 6.41. The van der Waals surface area contributed by atoms with Gasteiger partial charge in [-0.15, -0.1) is 0 Å². The largest absolute Gasteiger partial charge is 0.507 e. The Bertz CT molecular complexity index is 1490. The van der Waals surface area contributed by atoms with E-state index in [4.69, 9.17) is 4.74 Å². The summed E-state index contributed by atoms with van der Waals surface area (Å²) in [6.45, 7) is 6.17. The first-order valence-electron chi connectivity index (χ1n) is 11.5. The number of hydrogen-bond acceptors (Lipinski definition) is 7. The maximum Gasteiger partial charge on any atom is 0.301 e. The van der Waals surface area contributed by atoms with Gasteiger partial charge in [0.1, 0.15) is 11.5 Å². The molecule has 0 aliphatic carbocycles. The van der Waals surface area contributed by atoms with E-state index in [1.807, 2.05) is 36.4 Å². The monoisotopic (exact) mass is 499 g/mol. The predicted octanol–water partition coefficient (Wildman–Crippen LogP) is 5.62. The van der Waals surface area contributed by atoms with Gasteiger partial charge in [0.05, 0.1) is 34.5 Å². The number of aliphatic hydroxyl groups is 1. The highest BCUT2D eigenvalue weighted by atomic mass is 32.1. The van der Waals surface area contributed by atoms with Crippen molar-refractivity contribution in [3.8, 4) is 5.75 Å². The first-order chi connectivity index (χ1) is 17.2. The quantitative estimate of drug-likeness (QED) is 0.222. The van der Waals surface area contributed by atoms with Crippen molar-refractivity contribution < 1.29 is 19.4 Å². The van der Waals surface area contributed by atoms with Crippen molar-refractivity contribution in [1.29, 1.82) is 0 Å². The second kappa shape index (κ2) is 8.87. The number of rotatable bonds is 4. The standard InChI is InChI=1S/C28H25N3O4S/c1-28(2,3)17-9-10-20(35-4)18(15-17)24(32)22-23(16-11-13-29-14-12-16)31(26(34)25(22)33)27-30-19-7-5-6-8-21(19)36-27/h5-15,23,32H,1-4H3/b24-22+. The van der Waals surface area contributed by atoms with E-state index < -0.39 is 17.7 Å². The third-order valence-electron chi connectivity index (χ3n) is 6.28. The van der Waals surface area contributed by atoms with Gasteiger partial charge in [-0.2, -0.15) is 0 Å². The molecule has 36 heavy (non-hydrogen) atoms. The molecule has 1 aliphatic heterocycles. The number of hydrogen-bond donors (Lipinski definition) is 1. The fourth-order valence-electron chi connectivity index (χ4n) is 4.36. The number of carbonyl (C=O) groups excluding carboxylic acids is 2. The molecule has 182 valence electrons. The van der Waals surface area contributed by atoms with Gasteiger partial charge in [0.15, 0.2) is 5.13 Å². The number of aliphatic hydroxyl groups excluding tert-OH is 1. The van der Waals surface area contributed by atoms with Gasteiger partial charge in [0.25, 0.3) is 5.78 Å². The third-order valence-corrected chi connectivity index (χ3v) is 7.31. The van der Waals surface area contributed by atoms with Gasteiger partial charge < -0.3 is 9.84 Å². The SMILES string of the molecule is COc1ccc(C(C)(C)C)cc1/C(O)=C1\C(=O)C(=O)N(c2nc3ccccc3s2)C1c1ccncc1. The Kier molecular flexibility index (Phi) is 5.84. The van der Waals surface area contributed by atoms with Gasteiger partial charge in [-0.25, -0.2) is 4.98 Å². The first-order valence-corrected chi connectivity index (χ1v) is 12.3. The van der Waals surface area contributed by atoms with E-state index in [1.165, 1.54) is 23.3 Å². The van der Waals surface area contributed by atoms with E-state index >= 15 is 0 Å². The van der Waals surface area contributed by atoms with Crippen LogP contribution in [0.5, 0.6) is 5.75 Å². The second-order valence-electron chi connectivity index (χ2n) is 9.58. The van der Waals surface area contributed by atoms with Crippen LogP contribution in [-0.4, -0.2) is 33.9 Å². The first kappa shape index (κ1) is 23.7. The van der Waals surface area contributed by atoms with Crippen molar-refractivity contribution >= 4 is 44.1 Å². The van der Waals surface area contributed by atoms with Crippen molar-refractivity contribution in [1.82, 2.24) is 9.97 Å². The summed E-state index contributed by atoms with van der Waals surface area (Å²) in [4.78, 5) is 37.0. The molecule has 7 nitrogen and oxygen atoms in total. The zero-order valence-electron chi connectivity index (χ0n) is 20.4. The molecule has 0 bridgehead atoms. The number of benzene rings is 2. The predicted molar refractivity (Wildman–Crippen MR) is 140 cm³/mol. The van der Waals surface area contributed by atoms with Crippen LogP contribution in [0.4, 0.5) is 5.13 Å². The average molecular weight is 500 g/mol. The zero-order valence-corrected chi connectivity index (χ0v) is 21.2. The third kappa shape index (κ3) is 3.93. The summed E-state index contributed by atoms with van der Waals surface area (Å²) in [7, 11) is 1.50. The van der Waals surface area contributed by atoms with Crippen LogP contribution in [0.15, 0.2) is 72.6 Å². The number of carbonyl (C=O) groups is 2. The smallest absolute Gasteiger partial charge is 0.301 e. The van der Waals surface area contributed by atoms with E-state index in [2.05, 4.69) is 30.7 Å². The fourth-order valence-corrected chi connectivity index (χ4v) is 5.35. The molecule has 1 atom stereocenters. The maximum absolute atomic E-state index is 13.5. The van der Waals surface area contributed by atoms with Crippen molar-refractivity contribution in [2.75, 3.05) is 12.0 Å². The van der Waals surface area contributed by atoms with Gasteiger partial charge in [0.2, 0.25) is 0 Å². The number of fused-ring (bicyclic) bond motifs is 1. The van der Waals surface area contributed by atoms with Gasteiger partial charge >= 0.3 is 5.91 Å². The Morgan fingerprint density at radius 2 is 1.78 bits per heavy atom. The molecule has 1 aliphatic rings. The lowest BCUT2D eigenvalue weighted by Gasteiger charge is -2.24. The molecule has 8 heteroatoms. The Labute approximate surface area is 212 Å². The molecular formula is C28H25N3O4S. The number of anilines is 1. The lowest BCUT2D eigenvalue weighted by Crippen LogP contribution is -2.29. The normalized spacial score (nSPS) is 17.7.